The minimum Gasteiger partial charge on any atom is -0.389 e. The minimum atomic E-state index is -1.04. The summed E-state index contributed by atoms with van der Waals surface area (Å²) in [6, 6.07) is 48.3. The number of aromatic nitrogens is 3. The van der Waals surface area contributed by atoms with Crippen molar-refractivity contribution in [2.45, 2.75) is 82.6 Å². The molecule has 1 aliphatic heterocycles. The number of hydrogen-bond donors (Lipinski definition) is 2. The van der Waals surface area contributed by atoms with Crippen molar-refractivity contribution in [2.24, 2.45) is 0 Å². The molecule has 0 spiro atoms. The minimum absolute atomic E-state index is 0.284. The second-order valence-electron chi connectivity index (χ2n) is 16.2. The maximum absolute atomic E-state index is 12.5. The van der Waals surface area contributed by atoms with Crippen LogP contribution in [-0.4, -0.2) is 99.7 Å². The molecule has 61 heavy (non-hydrogen) atoms. The molecule has 1 saturated carbocycles. The lowest BCUT2D eigenvalue weighted by molar-refractivity contribution is -0.251. The van der Waals surface area contributed by atoms with E-state index in [1.807, 2.05) is 132 Å². The van der Waals surface area contributed by atoms with Gasteiger partial charge in [-0.25, -0.2) is 4.68 Å². The van der Waals surface area contributed by atoms with E-state index in [1.165, 1.54) is 11.1 Å². The van der Waals surface area contributed by atoms with E-state index in [2.05, 4.69) is 56.7 Å². The summed E-state index contributed by atoms with van der Waals surface area (Å²) in [6.45, 7) is 7.45. The SMILES string of the molecule is CN1CCN(Cc2cccc(Cn3cc(CN[C@@H]4[C@@H](O)[C@H](OCc5ccccc5)[C@@H](OCc5ccccc5)[C@H](OCc5ccccc5)[C@H]4OCc4ccccc4)nn3)c2)CC1. The first-order valence-corrected chi connectivity index (χ1v) is 21.5. The van der Waals surface area contributed by atoms with Gasteiger partial charge in [0.15, 0.2) is 0 Å². The number of aliphatic hydroxyl groups is 1. The summed E-state index contributed by atoms with van der Waals surface area (Å²) in [5.41, 5.74) is 7.25. The molecule has 0 unspecified atom stereocenters. The zero-order valence-corrected chi connectivity index (χ0v) is 35.0. The van der Waals surface area contributed by atoms with E-state index in [0.29, 0.717) is 32.9 Å². The summed E-state index contributed by atoms with van der Waals surface area (Å²) < 4.78 is 29.1. The molecule has 6 aromatic rings. The highest BCUT2D eigenvalue weighted by Crippen LogP contribution is 2.33. The zero-order chi connectivity index (χ0) is 41.6. The van der Waals surface area contributed by atoms with E-state index >= 15 is 0 Å². The van der Waals surface area contributed by atoms with E-state index in [-0.39, 0.29) is 6.61 Å². The van der Waals surface area contributed by atoms with Crippen molar-refractivity contribution >= 4 is 0 Å². The molecule has 2 aliphatic rings. The Bertz CT molecular complexity index is 2170. The van der Waals surface area contributed by atoms with Gasteiger partial charge in [0.2, 0.25) is 0 Å². The topological polar surface area (TPSA) is 106 Å². The molecule has 5 aromatic carbocycles. The molecule has 1 aromatic heterocycles. The number of nitrogens with one attached hydrogen (secondary N) is 1. The van der Waals surface area contributed by atoms with Crippen LogP contribution in [0.1, 0.15) is 39.1 Å². The van der Waals surface area contributed by atoms with Crippen molar-refractivity contribution in [1.82, 2.24) is 30.1 Å². The molecule has 1 saturated heterocycles. The molecule has 6 atom stereocenters. The Morgan fingerprint density at radius 2 is 0.984 bits per heavy atom. The Kier molecular flexibility index (Phi) is 15.1. The van der Waals surface area contributed by atoms with Crippen LogP contribution in [-0.2, 0) is 65.0 Å². The van der Waals surface area contributed by atoms with Crippen LogP contribution in [0.3, 0.4) is 0 Å². The van der Waals surface area contributed by atoms with E-state index in [1.54, 1.807) is 0 Å². The normalized spacial score (nSPS) is 22.3. The van der Waals surface area contributed by atoms with Gasteiger partial charge in [-0.3, -0.25) is 4.90 Å². The summed E-state index contributed by atoms with van der Waals surface area (Å²) >= 11 is 0. The molecule has 0 radical (unpaired) electrons. The van der Waals surface area contributed by atoms with Crippen LogP contribution >= 0.6 is 0 Å². The monoisotopic (exact) mass is 822 g/mol. The molecule has 2 fully saturated rings. The molecule has 11 nitrogen and oxygen atoms in total. The lowest BCUT2D eigenvalue weighted by atomic mass is 9.82. The van der Waals surface area contributed by atoms with Gasteiger partial charge < -0.3 is 34.3 Å². The number of piperazine rings is 1. The maximum Gasteiger partial charge on any atom is 0.115 e. The Hall–Kier alpha value is -5.08. The number of benzene rings is 5. The van der Waals surface area contributed by atoms with E-state index in [0.717, 1.165) is 60.7 Å². The quantitative estimate of drug-likeness (QED) is 0.0975. The van der Waals surface area contributed by atoms with Gasteiger partial charge >= 0.3 is 0 Å². The molecule has 318 valence electrons. The molecule has 0 bridgehead atoms. The van der Waals surface area contributed by atoms with Crippen LogP contribution in [0.4, 0.5) is 0 Å². The third-order valence-electron chi connectivity index (χ3n) is 11.6. The highest BCUT2D eigenvalue weighted by atomic mass is 16.6. The molecular weight excluding hydrogens is 765 g/mol. The third-order valence-corrected chi connectivity index (χ3v) is 11.6. The van der Waals surface area contributed by atoms with Crippen molar-refractivity contribution in [3.63, 3.8) is 0 Å². The van der Waals surface area contributed by atoms with E-state index in [4.69, 9.17) is 18.9 Å². The van der Waals surface area contributed by atoms with Gasteiger partial charge in [0, 0.05) is 39.3 Å². The van der Waals surface area contributed by atoms with Gasteiger partial charge in [-0.15, -0.1) is 5.10 Å². The van der Waals surface area contributed by atoms with E-state index in [9.17, 15) is 5.11 Å². The molecule has 1 aliphatic carbocycles. The number of aliphatic hydroxyl groups excluding tert-OH is 1. The standard InChI is InChI=1S/C50H58N6O5/c1-54-25-27-55(28-26-54)31-42-23-14-24-43(29-42)32-56-33-44(52-53-56)30-51-45-46(57)48(59-35-39-17-8-3-9-18-39)50(61-37-41-21-12-5-13-22-41)49(60-36-40-19-10-4-11-20-40)47(45)58-34-38-15-6-2-7-16-38/h2-24,29,33,45-51,57H,25-28,30-32,34-37H2,1H3/t45-,46-,47+,48+,49-,50-/m1/s1. The highest BCUT2D eigenvalue weighted by molar-refractivity contribution is 5.24. The Morgan fingerprint density at radius 3 is 1.51 bits per heavy atom. The van der Waals surface area contributed by atoms with Crippen molar-refractivity contribution in [3.05, 3.63) is 191 Å². The fourth-order valence-corrected chi connectivity index (χ4v) is 8.24. The third kappa shape index (κ3) is 12.1. The number of hydrogen-bond acceptors (Lipinski definition) is 10. The molecule has 2 N–H and O–H groups in total. The van der Waals surface area contributed by atoms with Gasteiger partial charge in [-0.05, 0) is 40.4 Å². The van der Waals surface area contributed by atoms with Crippen LogP contribution in [0.5, 0.6) is 0 Å². The first-order chi connectivity index (χ1) is 30.0. The predicted molar refractivity (Wildman–Crippen MR) is 235 cm³/mol. The molecule has 0 amide bonds. The van der Waals surface area contributed by atoms with Crippen molar-refractivity contribution in [3.8, 4) is 0 Å². The number of rotatable bonds is 19. The van der Waals surface area contributed by atoms with Gasteiger partial charge in [0.1, 0.15) is 30.5 Å². The molecule has 2 heterocycles. The van der Waals surface area contributed by atoms with Crippen LogP contribution in [0.25, 0.3) is 0 Å². The fourth-order valence-electron chi connectivity index (χ4n) is 8.24. The summed E-state index contributed by atoms with van der Waals surface area (Å²) in [6.07, 6.45) is -1.81. The van der Waals surface area contributed by atoms with Crippen molar-refractivity contribution in [1.29, 1.82) is 0 Å². The second kappa shape index (κ2) is 21.6. The highest BCUT2D eigenvalue weighted by Gasteiger charge is 2.53. The van der Waals surface area contributed by atoms with Gasteiger partial charge in [0.25, 0.3) is 0 Å². The first kappa shape index (κ1) is 42.6. The Labute approximate surface area is 359 Å². The van der Waals surface area contributed by atoms with Crippen molar-refractivity contribution in [2.75, 3.05) is 33.2 Å². The average molecular weight is 823 g/mol. The number of likely N-dealkylation sites (N-methyl/N-ethyl adjacent to an activating group) is 1. The molecule has 11 heteroatoms. The van der Waals surface area contributed by atoms with Crippen LogP contribution in [0.2, 0.25) is 0 Å². The fraction of sp³-hybridized carbons (Fsp3) is 0.360. The van der Waals surface area contributed by atoms with Crippen LogP contribution < -0.4 is 5.32 Å². The number of ether oxygens (including phenoxy) is 4. The van der Waals surface area contributed by atoms with E-state index < -0.39 is 36.6 Å². The lowest BCUT2D eigenvalue weighted by Crippen LogP contribution is -2.69. The first-order valence-electron chi connectivity index (χ1n) is 21.5. The maximum atomic E-state index is 12.5. The molecular formula is C50H58N6O5. The largest absolute Gasteiger partial charge is 0.389 e. The summed E-state index contributed by atoms with van der Waals surface area (Å²) in [5.74, 6) is 0. The van der Waals surface area contributed by atoms with Crippen LogP contribution in [0.15, 0.2) is 152 Å². The average Bonchev–Trinajstić information content (AvgIpc) is 3.75. The molecule has 8 rings (SSSR count). The zero-order valence-electron chi connectivity index (χ0n) is 35.0. The Morgan fingerprint density at radius 1 is 0.541 bits per heavy atom. The Balaban J connectivity index is 1.04. The lowest BCUT2D eigenvalue weighted by Gasteiger charge is -2.49. The summed E-state index contributed by atoms with van der Waals surface area (Å²) in [5, 5.41) is 25.2. The summed E-state index contributed by atoms with van der Waals surface area (Å²) in [7, 11) is 2.19. The van der Waals surface area contributed by atoms with Crippen LogP contribution in [0, 0.1) is 0 Å². The number of nitrogens with zero attached hydrogens (tertiary/aromatic N) is 5. The van der Waals surface area contributed by atoms with Gasteiger partial charge in [0.05, 0.1) is 50.9 Å². The van der Waals surface area contributed by atoms with Gasteiger partial charge in [-0.2, -0.15) is 0 Å². The smallest absolute Gasteiger partial charge is 0.115 e. The summed E-state index contributed by atoms with van der Waals surface area (Å²) in [4.78, 5) is 4.90. The van der Waals surface area contributed by atoms with Gasteiger partial charge in [-0.1, -0.05) is 151 Å². The predicted octanol–water partition coefficient (Wildman–Crippen LogP) is 6.25. The second-order valence-corrected chi connectivity index (χ2v) is 16.2. The van der Waals surface area contributed by atoms with Crippen molar-refractivity contribution < 1.29 is 24.1 Å².